The van der Waals surface area contributed by atoms with E-state index in [9.17, 15) is 13.2 Å². The average molecular weight is 247 g/mol. The molecule has 0 atom stereocenters. The first-order chi connectivity index (χ1) is 6.82. The van der Waals surface area contributed by atoms with Crippen LogP contribution in [-0.4, -0.2) is 14.2 Å². The van der Waals surface area contributed by atoms with Crippen LogP contribution < -0.4 is 0 Å². The predicted molar refractivity (Wildman–Crippen MR) is 58.6 cm³/mol. The van der Waals surface area contributed by atoms with Gasteiger partial charge in [0.2, 0.25) is 0 Å². The molecule has 0 saturated heterocycles. The SMILES string of the molecule is CC(C)C(=O)c1ccc(S(=O)(=O)Cl)cc1. The second-order valence-electron chi connectivity index (χ2n) is 3.48. The van der Waals surface area contributed by atoms with E-state index in [2.05, 4.69) is 0 Å². The van der Waals surface area contributed by atoms with E-state index in [1.54, 1.807) is 13.8 Å². The molecule has 0 aliphatic carbocycles. The normalized spacial score (nSPS) is 11.7. The second kappa shape index (κ2) is 4.33. The number of benzene rings is 1. The molecule has 3 nitrogen and oxygen atoms in total. The third kappa shape index (κ3) is 3.04. The van der Waals surface area contributed by atoms with Gasteiger partial charge in [0.25, 0.3) is 9.05 Å². The molecule has 82 valence electrons. The summed E-state index contributed by atoms with van der Waals surface area (Å²) in [7, 11) is 1.44. The first-order valence-corrected chi connectivity index (χ1v) is 6.72. The van der Waals surface area contributed by atoms with E-state index >= 15 is 0 Å². The highest BCUT2D eigenvalue weighted by atomic mass is 35.7. The summed E-state index contributed by atoms with van der Waals surface area (Å²) in [5, 5.41) is 0. The minimum atomic E-state index is -3.70. The highest BCUT2D eigenvalue weighted by Gasteiger charge is 2.13. The summed E-state index contributed by atoms with van der Waals surface area (Å²) in [5.41, 5.74) is 0.495. The van der Waals surface area contributed by atoms with Gasteiger partial charge in [-0.25, -0.2) is 8.42 Å². The lowest BCUT2D eigenvalue weighted by Crippen LogP contribution is -2.07. The van der Waals surface area contributed by atoms with Gasteiger partial charge in [-0.1, -0.05) is 26.0 Å². The number of carbonyl (C=O) groups is 1. The molecule has 1 aromatic carbocycles. The van der Waals surface area contributed by atoms with Crippen LogP contribution in [-0.2, 0) is 9.05 Å². The van der Waals surface area contributed by atoms with Crippen molar-refractivity contribution in [3.63, 3.8) is 0 Å². The highest BCUT2D eigenvalue weighted by Crippen LogP contribution is 2.16. The van der Waals surface area contributed by atoms with Gasteiger partial charge in [-0.3, -0.25) is 4.79 Å². The number of hydrogen-bond acceptors (Lipinski definition) is 3. The lowest BCUT2D eigenvalue weighted by atomic mass is 10.0. The van der Waals surface area contributed by atoms with Gasteiger partial charge in [-0.05, 0) is 12.1 Å². The summed E-state index contributed by atoms with van der Waals surface area (Å²) >= 11 is 0. The Bertz CT molecular complexity index is 460. The van der Waals surface area contributed by atoms with Crippen molar-refractivity contribution in [3.8, 4) is 0 Å². The Morgan fingerprint density at radius 2 is 1.67 bits per heavy atom. The van der Waals surface area contributed by atoms with Crippen molar-refractivity contribution in [2.24, 2.45) is 5.92 Å². The lowest BCUT2D eigenvalue weighted by molar-refractivity contribution is 0.0939. The molecule has 1 aromatic rings. The summed E-state index contributed by atoms with van der Waals surface area (Å²) in [4.78, 5) is 11.5. The van der Waals surface area contributed by atoms with Gasteiger partial charge in [0, 0.05) is 22.2 Å². The third-order valence-electron chi connectivity index (χ3n) is 1.94. The smallest absolute Gasteiger partial charge is 0.261 e. The summed E-state index contributed by atoms with van der Waals surface area (Å²) in [6, 6.07) is 5.60. The van der Waals surface area contributed by atoms with Crippen LogP contribution in [0.3, 0.4) is 0 Å². The van der Waals surface area contributed by atoms with Crippen LogP contribution in [0.15, 0.2) is 29.2 Å². The molecule has 0 saturated carbocycles. The average Bonchev–Trinajstić information content (AvgIpc) is 2.15. The summed E-state index contributed by atoms with van der Waals surface area (Å²) in [6.45, 7) is 3.57. The van der Waals surface area contributed by atoms with E-state index in [1.807, 2.05) is 0 Å². The van der Waals surface area contributed by atoms with Gasteiger partial charge < -0.3 is 0 Å². The van der Waals surface area contributed by atoms with E-state index in [0.717, 1.165) is 0 Å². The maximum atomic E-state index is 11.5. The second-order valence-corrected chi connectivity index (χ2v) is 6.05. The number of rotatable bonds is 3. The molecule has 0 spiro atoms. The fraction of sp³-hybridized carbons (Fsp3) is 0.300. The van der Waals surface area contributed by atoms with E-state index in [-0.39, 0.29) is 16.6 Å². The molecular formula is C10H11ClO3S. The van der Waals surface area contributed by atoms with Gasteiger partial charge in [0.1, 0.15) is 0 Å². The standard InChI is InChI=1S/C10H11ClO3S/c1-7(2)10(12)8-3-5-9(6-4-8)15(11,13)14/h3-7H,1-2H3. The Labute approximate surface area is 93.5 Å². The third-order valence-corrected chi connectivity index (χ3v) is 3.31. The van der Waals surface area contributed by atoms with Gasteiger partial charge in [0.15, 0.2) is 5.78 Å². The molecule has 0 aliphatic heterocycles. The van der Waals surface area contributed by atoms with Crippen molar-refractivity contribution in [1.29, 1.82) is 0 Å². The van der Waals surface area contributed by atoms with E-state index in [0.29, 0.717) is 5.56 Å². The van der Waals surface area contributed by atoms with Crippen LogP contribution in [0, 0.1) is 5.92 Å². The zero-order valence-electron chi connectivity index (χ0n) is 8.40. The van der Waals surface area contributed by atoms with Crippen LogP contribution in [0.5, 0.6) is 0 Å². The largest absolute Gasteiger partial charge is 0.294 e. The first-order valence-electron chi connectivity index (χ1n) is 4.41. The number of ketones is 1. The van der Waals surface area contributed by atoms with Crippen LogP contribution in [0.25, 0.3) is 0 Å². The number of Topliss-reactive ketones (excluding diaryl/α,β-unsaturated/α-hetero) is 1. The van der Waals surface area contributed by atoms with Gasteiger partial charge in [-0.2, -0.15) is 0 Å². The number of hydrogen-bond donors (Lipinski definition) is 0. The van der Waals surface area contributed by atoms with Crippen molar-refractivity contribution < 1.29 is 13.2 Å². The topological polar surface area (TPSA) is 51.2 Å². The van der Waals surface area contributed by atoms with E-state index < -0.39 is 9.05 Å². The molecule has 0 fully saturated rings. The lowest BCUT2D eigenvalue weighted by Gasteiger charge is -2.04. The molecule has 1 rings (SSSR count). The zero-order valence-corrected chi connectivity index (χ0v) is 9.97. The maximum Gasteiger partial charge on any atom is 0.261 e. The molecule has 0 N–H and O–H groups in total. The minimum Gasteiger partial charge on any atom is -0.294 e. The highest BCUT2D eigenvalue weighted by molar-refractivity contribution is 8.13. The van der Waals surface area contributed by atoms with Gasteiger partial charge >= 0.3 is 0 Å². The summed E-state index contributed by atoms with van der Waals surface area (Å²) in [6.07, 6.45) is 0. The quantitative estimate of drug-likeness (QED) is 0.608. The van der Waals surface area contributed by atoms with Crippen molar-refractivity contribution in [3.05, 3.63) is 29.8 Å². The van der Waals surface area contributed by atoms with Crippen molar-refractivity contribution >= 4 is 25.5 Å². The fourth-order valence-electron chi connectivity index (χ4n) is 1.12. The molecule has 0 unspecified atom stereocenters. The Morgan fingerprint density at radius 3 is 2.00 bits per heavy atom. The zero-order chi connectivity index (χ0) is 11.6. The van der Waals surface area contributed by atoms with E-state index in [4.69, 9.17) is 10.7 Å². The molecule has 0 aromatic heterocycles. The molecule has 0 radical (unpaired) electrons. The summed E-state index contributed by atoms with van der Waals surface area (Å²) < 4.78 is 21.9. The minimum absolute atomic E-state index is 0.00414. The number of halogens is 1. The Morgan fingerprint density at radius 1 is 1.20 bits per heavy atom. The molecule has 0 amide bonds. The van der Waals surface area contributed by atoms with Crippen molar-refractivity contribution in [2.75, 3.05) is 0 Å². The predicted octanol–water partition coefficient (Wildman–Crippen LogP) is 2.45. The van der Waals surface area contributed by atoms with Crippen LogP contribution >= 0.6 is 10.7 Å². The first kappa shape index (κ1) is 12.2. The Kier molecular flexibility index (Phi) is 3.52. The maximum absolute atomic E-state index is 11.5. The molecule has 0 heterocycles. The Hall–Kier alpha value is -0.870. The molecule has 0 bridgehead atoms. The van der Waals surface area contributed by atoms with Crippen molar-refractivity contribution in [1.82, 2.24) is 0 Å². The van der Waals surface area contributed by atoms with Crippen molar-refractivity contribution in [2.45, 2.75) is 18.7 Å². The van der Waals surface area contributed by atoms with Crippen LogP contribution in [0.2, 0.25) is 0 Å². The van der Waals surface area contributed by atoms with Gasteiger partial charge in [-0.15, -0.1) is 0 Å². The molecular weight excluding hydrogens is 236 g/mol. The summed E-state index contributed by atoms with van der Waals surface area (Å²) in [5.74, 6) is -0.128. The molecule has 15 heavy (non-hydrogen) atoms. The fourth-order valence-corrected chi connectivity index (χ4v) is 1.88. The molecule has 5 heteroatoms. The van der Waals surface area contributed by atoms with Crippen LogP contribution in [0.1, 0.15) is 24.2 Å². The number of carbonyl (C=O) groups excluding carboxylic acids is 1. The van der Waals surface area contributed by atoms with E-state index in [1.165, 1.54) is 24.3 Å². The van der Waals surface area contributed by atoms with Crippen LogP contribution in [0.4, 0.5) is 0 Å². The van der Waals surface area contributed by atoms with Gasteiger partial charge in [0.05, 0.1) is 4.90 Å². The Balaban J connectivity index is 3.06. The monoisotopic (exact) mass is 246 g/mol. The molecule has 0 aliphatic rings.